The van der Waals surface area contributed by atoms with E-state index in [1.165, 1.54) is 6.92 Å². The van der Waals surface area contributed by atoms with Gasteiger partial charge in [-0.2, -0.15) is 0 Å². The lowest BCUT2D eigenvalue weighted by Gasteiger charge is -2.36. The fourth-order valence-corrected chi connectivity index (χ4v) is 2.54. The van der Waals surface area contributed by atoms with Crippen LogP contribution in [0.2, 0.25) is 5.02 Å². The first-order valence-corrected chi connectivity index (χ1v) is 6.68. The first-order chi connectivity index (χ1) is 8.99. The highest BCUT2D eigenvalue weighted by Gasteiger charge is 2.20. The summed E-state index contributed by atoms with van der Waals surface area (Å²) in [4.78, 5) is 26.5. The summed E-state index contributed by atoms with van der Waals surface area (Å²) in [5.41, 5.74) is 1.55. The van der Waals surface area contributed by atoms with Crippen LogP contribution >= 0.6 is 11.6 Å². The quantitative estimate of drug-likeness (QED) is 0.780. The molecular formula is C14H17ClN2O2. The number of carbonyl (C=O) groups excluding carboxylic acids is 2. The van der Waals surface area contributed by atoms with E-state index in [0.717, 1.165) is 18.8 Å². The van der Waals surface area contributed by atoms with Crippen LogP contribution in [0.4, 0.5) is 5.69 Å². The number of carbonyl (C=O) groups is 2. The fourth-order valence-electron chi connectivity index (χ4n) is 2.24. The Morgan fingerprint density at radius 2 is 1.74 bits per heavy atom. The molecule has 0 atom stereocenters. The molecule has 0 unspecified atom stereocenters. The molecule has 102 valence electrons. The number of amides is 1. The van der Waals surface area contributed by atoms with Crippen molar-refractivity contribution < 1.29 is 9.59 Å². The highest BCUT2D eigenvalue weighted by Crippen LogP contribution is 2.28. The van der Waals surface area contributed by atoms with E-state index in [-0.39, 0.29) is 11.7 Å². The van der Waals surface area contributed by atoms with Crippen molar-refractivity contribution in [2.75, 3.05) is 31.1 Å². The second-order valence-electron chi connectivity index (χ2n) is 4.72. The predicted octanol–water partition coefficient (Wildman–Crippen LogP) is 2.21. The summed E-state index contributed by atoms with van der Waals surface area (Å²) in [6.45, 7) is 6.05. The van der Waals surface area contributed by atoms with Crippen LogP contribution in [-0.2, 0) is 4.79 Å². The van der Waals surface area contributed by atoms with E-state index in [1.54, 1.807) is 19.1 Å². The van der Waals surface area contributed by atoms with Crippen LogP contribution in [0.1, 0.15) is 24.2 Å². The van der Waals surface area contributed by atoms with Gasteiger partial charge >= 0.3 is 0 Å². The van der Waals surface area contributed by atoms with Crippen LogP contribution in [0.3, 0.4) is 0 Å². The first-order valence-electron chi connectivity index (χ1n) is 6.30. The SMILES string of the molecule is CC(=O)c1ccc(N2CCN(C(C)=O)CC2)c(Cl)c1. The Bertz CT molecular complexity index is 508. The first kappa shape index (κ1) is 13.9. The molecule has 1 fully saturated rings. The number of piperazine rings is 1. The van der Waals surface area contributed by atoms with Gasteiger partial charge in [0.1, 0.15) is 0 Å². The summed E-state index contributed by atoms with van der Waals surface area (Å²) in [5.74, 6) is 0.118. The number of halogens is 1. The molecule has 5 heteroatoms. The molecule has 0 radical (unpaired) electrons. The Labute approximate surface area is 117 Å². The Kier molecular flexibility index (Phi) is 4.10. The van der Waals surface area contributed by atoms with E-state index >= 15 is 0 Å². The molecule has 1 aromatic rings. The van der Waals surface area contributed by atoms with Crippen molar-refractivity contribution in [3.8, 4) is 0 Å². The lowest BCUT2D eigenvalue weighted by molar-refractivity contribution is -0.129. The minimum atomic E-state index is 0.00912. The second kappa shape index (κ2) is 5.61. The van der Waals surface area contributed by atoms with E-state index in [9.17, 15) is 9.59 Å². The molecule has 4 nitrogen and oxygen atoms in total. The maximum Gasteiger partial charge on any atom is 0.219 e. The van der Waals surface area contributed by atoms with Crippen LogP contribution in [-0.4, -0.2) is 42.8 Å². The third kappa shape index (κ3) is 3.07. The summed E-state index contributed by atoms with van der Waals surface area (Å²) in [7, 11) is 0. The highest BCUT2D eigenvalue weighted by atomic mass is 35.5. The van der Waals surface area contributed by atoms with Gasteiger partial charge in [0.05, 0.1) is 10.7 Å². The molecule has 0 aliphatic carbocycles. The van der Waals surface area contributed by atoms with Crippen LogP contribution in [0.25, 0.3) is 0 Å². The summed E-state index contributed by atoms with van der Waals surface area (Å²) >= 11 is 6.23. The van der Waals surface area contributed by atoms with Crippen LogP contribution in [0.5, 0.6) is 0 Å². The zero-order valence-corrected chi connectivity index (χ0v) is 11.9. The van der Waals surface area contributed by atoms with Gasteiger partial charge in [0, 0.05) is 38.7 Å². The van der Waals surface area contributed by atoms with Gasteiger partial charge in [0.25, 0.3) is 0 Å². The van der Waals surface area contributed by atoms with E-state index in [1.807, 2.05) is 11.0 Å². The average molecular weight is 281 g/mol. The van der Waals surface area contributed by atoms with E-state index in [2.05, 4.69) is 4.90 Å². The van der Waals surface area contributed by atoms with Crippen molar-refractivity contribution in [3.63, 3.8) is 0 Å². The predicted molar refractivity (Wildman–Crippen MR) is 75.9 cm³/mol. The zero-order valence-electron chi connectivity index (χ0n) is 11.1. The van der Waals surface area contributed by atoms with Gasteiger partial charge in [-0.3, -0.25) is 9.59 Å². The molecule has 0 N–H and O–H groups in total. The van der Waals surface area contributed by atoms with E-state index in [0.29, 0.717) is 23.7 Å². The zero-order chi connectivity index (χ0) is 14.0. The van der Waals surface area contributed by atoms with Gasteiger partial charge in [0.15, 0.2) is 5.78 Å². The molecule has 1 heterocycles. The number of Topliss-reactive ketones (excluding diaryl/α,β-unsaturated/α-hetero) is 1. The smallest absolute Gasteiger partial charge is 0.219 e. The summed E-state index contributed by atoms with van der Waals surface area (Å²) in [6.07, 6.45) is 0. The molecule has 0 saturated carbocycles. The van der Waals surface area contributed by atoms with Gasteiger partial charge in [-0.15, -0.1) is 0 Å². The number of rotatable bonds is 2. The lowest BCUT2D eigenvalue weighted by Crippen LogP contribution is -2.48. The summed E-state index contributed by atoms with van der Waals surface area (Å²) < 4.78 is 0. The maximum absolute atomic E-state index is 11.3. The number of hydrogen-bond donors (Lipinski definition) is 0. The molecule has 19 heavy (non-hydrogen) atoms. The molecule has 1 aliphatic rings. The van der Waals surface area contributed by atoms with Gasteiger partial charge in [-0.25, -0.2) is 0 Å². The molecule has 0 spiro atoms. The second-order valence-corrected chi connectivity index (χ2v) is 5.12. The van der Waals surface area contributed by atoms with Crippen molar-refractivity contribution in [2.24, 2.45) is 0 Å². The van der Waals surface area contributed by atoms with Gasteiger partial charge in [-0.1, -0.05) is 11.6 Å². The van der Waals surface area contributed by atoms with Crippen molar-refractivity contribution in [1.29, 1.82) is 0 Å². The van der Waals surface area contributed by atoms with Crippen molar-refractivity contribution in [2.45, 2.75) is 13.8 Å². The standard InChI is InChI=1S/C14H17ClN2O2/c1-10(18)12-3-4-14(13(15)9-12)17-7-5-16(6-8-17)11(2)19/h3-4,9H,5-8H2,1-2H3. The minimum absolute atomic E-state index is 0.00912. The molecule has 2 rings (SSSR count). The molecule has 1 aliphatic heterocycles. The van der Waals surface area contributed by atoms with Crippen LogP contribution < -0.4 is 4.90 Å². The average Bonchev–Trinajstić information content (AvgIpc) is 2.38. The lowest BCUT2D eigenvalue weighted by atomic mass is 10.1. The van der Waals surface area contributed by atoms with Gasteiger partial charge in [0.2, 0.25) is 5.91 Å². The van der Waals surface area contributed by atoms with Crippen LogP contribution in [0.15, 0.2) is 18.2 Å². The maximum atomic E-state index is 11.3. The van der Waals surface area contributed by atoms with Crippen molar-refractivity contribution in [3.05, 3.63) is 28.8 Å². The molecule has 1 amide bonds. The van der Waals surface area contributed by atoms with Gasteiger partial charge in [-0.05, 0) is 25.1 Å². The topological polar surface area (TPSA) is 40.6 Å². The normalized spacial score (nSPS) is 15.5. The summed E-state index contributed by atoms with van der Waals surface area (Å²) in [5, 5.41) is 0.587. The largest absolute Gasteiger partial charge is 0.367 e. The van der Waals surface area contributed by atoms with Crippen molar-refractivity contribution in [1.82, 2.24) is 4.90 Å². The molecule has 1 saturated heterocycles. The molecule has 0 aromatic heterocycles. The molecule has 0 bridgehead atoms. The minimum Gasteiger partial charge on any atom is -0.367 e. The number of hydrogen-bond acceptors (Lipinski definition) is 3. The fraction of sp³-hybridized carbons (Fsp3) is 0.429. The van der Waals surface area contributed by atoms with Gasteiger partial charge < -0.3 is 9.80 Å². The third-order valence-corrected chi connectivity index (χ3v) is 3.72. The number of ketones is 1. The number of anilines is 1. The van der Waals surface area contributed by atoms with Crippen molar-refractivity contribution >= 4 is 29.0 Å². The Morgan fingerprint density at radius 3 is 2.21 bits per heavy atom. The van der Waals surface area contributed by atoms with Crippen LogP contribution in [0, 0.1) is 0 Å². The molecule has 1 aromatic carbocycles. The monoisotopic (exact) mass is 280 g/mol. The number of nitrogens with zero attached hydrogens (tertiary/aromatic N) is 2. The van der Waals surface area contributed by atoms with E-state index in [4.69, 9.17) is 11.6 Å². The van der Waals surface area contributed by atoms with E-state index < -0.39 is 0 Å². The number of benzene rings is 1. The third-order valence-electron chi connectivity index (χ3n) is 3.42. The summed E-state index contributed by atoms with van der Waals surface area (Å²) in [6, 6.07) is 5.37. The Hall–Kier alpha value is -1.55. The molecular weight excluding hydrogens is 264 g/mol. The highest BCUT2D eigenvalue weighted by molar-refractivity contribution is 6.33. The Balaban J connectivity index is 2.11. The Morgan fingerprint density at radius 1 is 1.11 bits per heavy atom.